The summed E-state index contributed by atoms with van der Waals surface area (Å²) in [5, 5.41) is -1.30. The van der Waals surface area contributed by atoms with E-state index >= 15 is 0 Å². The maximum atomic E-state index is 13.2. The van der Waals surface area contributed by atoms with Crippen LogP contribution in [0, 0.1) is 17.5 Å². The second-order valence-electron chi connectivity index (χ2n) is 2.33. The second kappa shape index (κ2) is 4.64. The second-order valence-corrected chi connectivity index (χ2v) is 4.36. The van der Waals surface area contributed by atoms with Crippen molar-refractivity contribution < 1.29 is 13.2 Å². The van der Waals surface area contributed by atoms with E-state index in [1.807, 2.05) is 0 Å². The van der Waals surface area contributed by atoms with Gasteiger partial charge >= 0.3 is 0 Å². The molecule has 0 saturated carbocycles. The molecule has 6 heteroatoms. The number of benzene rings is 1. The number of rotatable bonds is 2. The van der Waals surface area contributed by atoms with E-state index in [0.717, 1.165) is 11.8 Å². The molecule has 0 aliphatic carbocycles. The number of hydrogen-bond acceptors (Lipinski definition) is 1. The Kier molecular flexibility index (Phi) is 3.98. The first-order chi connectivity index (χ1) is 6.50. The quantitative estimate of drug-likeness (QED) is 0.428. The predicted octanol–water partition coefficient (Wildman–Crippen LogP) is 4.52. The van der Waals surface area contributed by atoms with E-state index in [2.05, 4.69) is 0 Å². The van der Waals surface area contributed by atoms with E-state index in [9.17, 15) is 13.2 Å². The average molecular weight is 261 g/mol. The molecular formula is C8H5Cl2F3S. The molecule has 0 atom stereocenters. The molecule has 0 aliphatic heterocycles. The molecule has 0 heterocycles. The molecule has 0 N–H and O–H groups in total. The fourth-order valence-electron chi connectivity index (χ4n) is 0.856. The Morgan fingerprint density at radius 2 is 1.50 bits per heavy atom. The Balaban J connectivity index is 3.43. The van der Waals surface area contributed by atoms with Crippen molar-refractivity contribution in [3.05, 3.63) is 27.5 Å². The molecule has 0 aliphatic rings. The Morgan fingerprint density at radius 3 is 2.00 bits per heavy atom. The normalized spacial score (nSPS) is 10.7. The smallest absolute Gasteiger partial charge is 0.180 e. The van der Waals surface area contributed by atoms with Crippen LogP contribution in [0.15, 0.2) is 4.90 Å². The van der Waals surface area contributed by atoms with Gasteiger partial charge in [0.25, 0.3) is 0 Å². The maximum absolute atomic E-state index is 13.2. The van der Waals surface area contributed by atoms with Crippen LogP contribution in [-0.2, 0) is 0 Å². The van der Waals surface area contributed by atoms with Crippen molar-refractivity contribution in [1.82, 2.24) is 0 Å². The van der Waals surface area contributed by atoms with Crippen LogP contribution in [-0.4, -0.2) is 5.75 Å². The molecule has 1 rings (SSSR count). The zero-order valence-corrected chi connectivity index (χ0v) is 9.33. The SMILES string of the molecule is CCSc1c(F)c(F)c(Cl)c(Cl)c1F. The lowest BCUT2D eigenvalue weighted by molar-refractivity contribution is 0.468. The van der Waals surface area contributed by atoms with Gasteiger partial charge in [-0.05, 0) is 5.75 Å². The molecule has 0 amide bonds. The van der Waals surface area contributed by atoms with Crippen molar-refractivity contribution in [2.75, 3.05) is 5.75 Å². The molecular weight excluding hydrogens is 256 g/mol. The summed E-state index contributed by atoms with van der Waals surface area (Å²) in [6, 6.07) is 0. The van der Waals surface area contributed by atoms with Crippen LogP contribution in [0.5, 0.6) is 0 Å². The van der Waals surface area contributed by atoms with E-state index in [1.54, 1.807) is 6.92 Å². The van der Waals surface area contributed by atoms with Gasteiger partial charge in [-0.15, -0.1) is 11.8 Å². The fraction of sp³-hybridized carbons (Fsp3) is 0.250. The van der Waals surface area contributed by atoms with Gasteiger partial charge < -0.3 is 0 Å². The molecule has 0 fully saturated rings. The molecule has 1 aromatic carbocycles. The van der Waals surface area contributed by atoms with Gasteiger partial charge in [0.15, 0.2) is 17.5 Å². The summed E-state index contributed by atoms with van der Waals surface area (Å²) in [6.45, 7) is 1.68. The molecule has 0 radical (unpaired) electrons. The topological polar surface area (TPSA) is 0 Å². The van der Waals surface area contributed by atoms with E-state index in [4.69, 9.17) is 23.2 Å². The van der Waals surface area contributed by atoms with Crippen molar-refractivity contribution in [2.45, 2.75) is 11.8 Å². The Hall–Kier alpha value is -0.0600. The Morgan fingerprint density at radius 1 is 1.00 bits per heavy atom. The minimum atomic E-state index is -1.31. The van der Waals surface area contributed by atoms with Crippen molar-refractivity contribution in [2.24, 2.45) is 0 Å². The highest BCUT2D eigenvalue weighted by Crippen LogP contribution is 2.37. The first kappa shape index (κ1) is 12.0. The highest BCUT2D eigenvalue weighted by molar-refractivity contribution is 7.99. The van der Waals surface area contributed by atoms with E-state index in [0.29, 0.717) is 5.75 Å². The summed E-state index contributed by atoms with van der Waals surface area (Å²) in [7, 11) is 0. The van der Waals surface area contributed by atoms with E-state index < -0.39 is 32.4 Å². The Labute approximate surface area is 93.4 Å². The summed E-state index contributed by atoms with van der Waals surface area (Å²) in [6.07, 6.45) is 0. The summed E-state index contributed by atoms with van der Waals surface area (Å²) in [4.78, 5) is -0.431. The molecule has 78 valence electrons. The zero-order valence-electron chi connectivity index (χ0n) is 7.01. The summed E-state index contributed by atoms with van der Waals surface area (Å²) < 4.78 is 39.3. The number of thioether (sulfide) groups is 1. The first-order valence-corrected chi connectivity index (χ1v) is 5.39. The van der Waals surface area contributed by atoms with Crippen LogP contribution in [0.4, 0.5) is 13.2 Å². The maximum Gasteiger partial charge on any atom is 0.180 e. The number of halogens is 5. The van der Waals surface area contributed by atoms with E-state index in [-0.39, 0.29) is 0 Å². The van der Waals surface area contributed by atoms with Gasteiger partial charge in [0.05, 0.1) is 9.92 Å². The summed E-state index contributed by atoms with van der Waals surface area (Å²) in [5.41, 5.74) is 0. The predicted molar refractivity (Wildman–Crippen MR) is 52.7 cm³/mol. The molecule has 0 unspecified atom stereocenters. The standard InChI is InChI=1S/C8H5Cl2F3S/c1-2-14-8-6(12)4(10)3(9)5(11)7(8)13/h2H2,1H3. The minimum absolute atomic E-state index is 0.408. The molecule has 14 heavy (non-hydrogen) atoms. The van der Waals surface area contributed by atoms with Crippen molar-refractivity contribution in [3.8, 4) is 0 Å². The highest BCUT2D eigenvalue weighted by Gasteiger charge is 2.22. The van der Waals surface area contributed by atoms with Crippen LogP contribution >= 0.6 is 35.0 Å². The van der Waals surface area contributed by atoms with Gasteiger partial charge in [0.1, 0.15) is 5.02 Å². The molecule has 0 aromatic heterocycles. The third-order valence-corrected chi connectivity index (χ3v) is 3.20. The lowest BCUT2D eigenvalue weighted by Crippen LogP contribution is -1.96. The molecule has 1 aromatic rings. The van der Waals surface area contributed by atoms with Crippen LogP contribution in [0.25, 0.3) is 0 Å². The molecule has 0 saturated heterocycles. The number of hydrogen-bond donors (Lipinski definition) is 0. The first-order valence-electron chi connectivity index (χ1n) is 3.64. The van der Waals surface area contributed by atoms with Gasteiger partial charge in [-0.1, -0.05) is 30.1 Å². The lowest BCUT2D eigenvalue weighted by atomic mass is 10.3. The third-order valence-electron chi connectivity index (χ3n) is 1.46. The van der Waals surface area contributed by atoms with Gasteiger partial charge in [-0.3, -0.25) is 0 Å². The Bertz CT molecular complexity index is 339. The largest absolute Gasteiger partial charge is 0.204 e. The van der Waals surface area contributed by atoms with Crippen LogP contribution in [0.2, 0.25) is 10.0 Å². The van der Waals surface area contributed by atoms with Crippen molar-refractivity contribution in [1.29, 1.82) is 0 Å². The molecule has 0 spiro atoms. The van der Waals surface area contributed by atoms with Crippen LogP contribution < -0.4 is 0 Å². The highest BCUT2D eigenvalue weighted by atomic mass is 35.5. The van der Waals surface area contributed by atoms with E-state index in [1.165, 1.54) is 0 Å². The van der Waals surface area contributed by atoms with Gasteiger partial charge in [0.2, 0.25) is 0 Å². The van der Waals surface area contributed by atoms with Crippen LogP contribution in [0.1, 0.15) is 6.92 Å². The van der Waals surface area contributed by atoms with Gasteiger partial charge in [0, 0.05) is 0 Å². The monoisotopic (exact) mass is 260 g/mol. The van der Waals surface area contributed by atoms with Crippen molar-refractivity contribution >= 4 is 35.0 Å². The molecule has 0 nitrogen and oxygen atoms in total. The lowest BCUT2D eigenvalue weighted by Gasteiger charge is -2.07. The summed E-state index contributed by atoms with van der Waals surface area (Å²) >= 11 is 11.5. The fourth-order valence-corrected chi connectivity index (χ4v) is 1.99. The van der Waals surface area contributed by atoms with Gasteiger partial charge in [-0.2, -0.15) is 0 Å². The minimum Gasteiger partial charge on any atom is -0.204 e. The van der Waals surface area contributed by atoms with Gasteiger partial charge in [-0.25, -0.2) is 13.2 Å². The third kappa shape index (κ3) is 1.97. The van der Waals surface area contributed by atoms with Crippen LogP contribution in [0.3, 0.4) is 0 Å². The summed E-state index contributed by atoms with van der Waals surface area (Å²) in [5.74, 6) is -3.20. The zero-order chi connectivity index (χ0) is 10.9. The van der Waals surface area contributed by atoms with Crippen molar-refractivity contribution in [3.63, 3.8) is 0 Å². The average Bonchev–Trinajstić information content (AvgIpc) is 2.19. The molecule has 0 bridgehead atoms.